The Hall–Kier alpha value is -3.98. The topological polar surface area (TPSA) is 103 Å². The highest BCUT2D eigenvalue weighted by atomic mass is 79.9. The Bertz CT molecular complexity index is 1500. The number of non-ortho nitro benzene ring substituents is 1. The molecule has 1 atom stereocenters. The number of nitrogens with zero attached hydrogens (tertiary/aromatic N) is 2. The van der Waals surface area contributed by atoms with Gasteiger partial charge in [-0.1, -0.05) is 22.0 Å². The average molecular weight is 507 g/mol. The molecule has 2 heterocycles. The van der Waals surface area contributed by atoms with Crippen molar-refractivity contribution in [3.05, 3.63) is 108 Å². The van der Waals surface area contributed by atoms with E-state index in [0.29, 0.717) is 32.4 Å². The van der Waals surface area contributed by atoms with Crippen molar-refractivity contribution in [3.63, 3.8) is 0 Å². The second-order valence-corrected chi connectivity index (χ2v) is 8.36. The summed E-state index contributed by atoms with van der Waals surface area (Å²) in [6.07, 6.45) is 0. The number of ether oxygens (including phenoxy) is 1. The minimum atomic E-state index is -0.833. The first-order chi connectivity index (χ1) is 15.9. The summed E-state index contributed by atoms with van der Waals surface area (Å²) >= 11 is 3.37. The Kier molecular flexibility index (Phi) is 4.98. The van der Waals surface area contributed by atoms with Gasteiger partial charge in [-0.15, -0.1) is 0 Å². The molecule has 1 aliphatic rings. The smallest absolute Gasteiger partial charge is 0.295 e. The van der Waals surface area contributed by atoms with Crippen LogP contribution in [0.1, 0.15) is 27.7 Å². The molecule has 1 unspecified atom stereocenters. The van der Waals surface area contributed by atoms with Crippen LogP contribution in [0.25, 0.3) is 11.0 Å². The lowest BCUT2D eigenvalue weighted by molar-refractivity contribution is -0.384. The summed E-state index contributed by atoms with van der Waals surface area (Å²) in [6, 6.07) is 16.8. The predicted molar refractivity (Wildman–Crippen MR) is 125 cm³/mol. The zero-order chi connectivity index (χ0) is 23.3. The van der Waals surface area contributed by atoms with E-state index in [4.69, 9.17) is 9.15 Å². The van der Waals surface area contributed by atoms with Gasteiger partial charge in [0.1, 0.15) is 11.3 Å². The van der Waals surface area contributed by atoms with Gasteiger partial charge in [-0.3, -0.25) is 24.6 Å². The molecular weight excluding hydrogens is 492 g/mol. The van der Waals surface area contributed by atoms with Crippen LogP contribution in [0.15, 0.2) is 80.4 Å². The van der Waals surface area contributed by atoms with Crippen LogP contribution in [0.3, 0.4) is 0 Å². The molecule has 8 nitrogen and oxygen atoms in total. The number of methoxy groups -OCH3 is 1. The number of nitro groups is 1. The third-order valence-electron chi connectivity index (χ3n) is 5.58. The van der Waals surface area contributed by atoms with E-state index in [-0.39, 0.29) is 22.4 Å². The minimum Gasteiger partial charge on any atom is -0.497 e. The molecule has 33 heavy (non-hydrogen) atoms. The van der Waals surface area contributed by atoms with Crippen molar-refractivity contribution in [2.75, 3.05) is 12.0 Å². The number of nitro benzene ring substituents is 1. The molecule has 9 heteroatoms. The van der Waals surface area contributed by atoms with Crippen LogP contribution >= 0.6 is 15.9 Å². The molecule has 0 radical (unpaired) electrons. The Morgan fingerprint density at radius 3 is 2.52 bits per heavy atom. The van der Waals surface area contributed by atoms with E-state index >= 15 is 0 Å². The van der Waals surface area contributed by atoms with Crippen molar-refractivity contribution in [3.8, 4) is 5.75 Å². The molecule has 5 rings (SSSR count). The van der Waals surface area contributed by atoms with E-state index in [2.05, 4.69) is 15.9 Å². The molecule has 4 aromatic rings. The molecule has 0 spiro atoms. The van der Waals surface area contributed by atoms with Gasteiger partial charge in [0.25, 0.3) is 11.6 Å². The normalized spacial score (nSPS) is 15.0. The highest BCUT2D eigenvalue weighted by Gasteiger charge is 2.43. The summed E-state index contributed by atoms with van der Waals surface area (Å²) in [5, 5.41) is 11.5. The molecule has 1 aromatic heterocycles. The van der Waals surface area contributed by atoms with Crippen LogP contribution in [-0.2, 0) is 0 Å². The Morgan fingerprint density at radius 2 is 1.82 bits per heavy atom. The third-order valence-corrected chi connectivity index (χ3v) is 6.08. The van der Waals surface area contributed by atoms with Crippen LogP contribution in [0.4, 0.5) is 11.4 Å². The highest BCUT2D eigenvalue weighted by molar-refractivity contribution is 9.10. The number of hydrogen-bond acceptors (Lipinski definition) is 6. The van der Waals surface area contributed by atoms with Gasteiger partial charge in [-0.2, -0.15) is 0 Å². The van der Waals surface area contributed by atoms with Crippen molar-refractivity contribution in [1.29, 1.82) is 0 Å². The van der Waals surface area contributed by atoms with Crippen LogP contribution in [0.5, 0.6) is 5.75 Å². The first-order valence-electron chi connectivity index (χ1n) is 9.87. The van der Waals surface area contributed by atoms with Gasteiger partial charge < -0.3 is 9.15 Å². The van der Waals surface area contributed by atoms with Crippen LogP contribution < -0.4 is 15.1 Å². The molecule has 0 aliphatic carbocycles. The maximum atomic E-state index is 13.6. The predicted octanol–water partition coefficient (Wildman–Crippen LogP) is 5.22. The fraction of sp³-hybridized carbons (Fsp3) is 0.0833. The Labute approximate surface area is 195 Å². The third kappa shape index (κ3) is 3.37. The van der Waals surface area contributed by atoms with Crippen molar-refractivity contribution in [2.45, 2.75) is 6.04 Å². The van der Waals surface area contributed by atoms with E-state index < -0.39 is 16.9 Å². The Balaban J connectivity index is 1.79. The average Bonchev–Trinajstić information content (AvgIpc) is 3.12. The number of hydrogen-bond donors (Lipinski definition) is 0. The summed E-state index contributed by atoms with van der Waals surface area (Å²) < 4.78 is 11.9. The van der Waals surface area contributed by atoms with Gasteiger partial charge in [-0.05, 0) is 48.0 Å². The first-order valence-corrected chi connectivity index (χ1v) is 10.7. The maximum Gasteiger partial charge on any atom is 0.295 e. The zero-order valence-electron chi connectivity index (χ0n) is 17.2. The van der Waals surface area contributed by atoms with E-state index in [1.165, 1.54) is 24.1 Å². The number of carbonyl (C=O) groups is 1. The summed E-state index contributed by atoms with van der Waals surface area (Å²) in [7, 11) is 1.52. The van der Waals surface area contributed by atoms with Gasteiger partial charge in [0, 0.05) is 28.4 Å². The number of benzene rings is 3. The second-order valence-electron chi connectivity index (χ2n) is 7.44. The number of fused-ring (bicyclic) bond motifs is 2. The minimum absolute atomic E-state index is 0.0546. The van der Waals surface area contributed by atoms with Gasteiger partial charge >= 0.3 is 0 Å². The van der Waals surface area contributed by atoms with E-state index in [1.54, 1.807) is 54.6 Å². The van der Waals surface area contributed by atoms with E-state index in [0.717, 1.165) is 0 Å². The molecule has 0 bridgehead atoms. The summed E-state index contributed by atoms with van der Waals surface area (Å²) in [5.74, 6) is -0.00315. The van der Waals surface area contributed by atoms with E-state index in [9.17, 15) is 19.7 Å². The van der Waals surface area contributed by atoms with Crippen molar-refractivity contribution < 1.29 is 18.9 Å². The summed E-state index contributed by atoms with van der Waals surface area (Å²) in [5.41, 5.74) is 1.09. The molecule has 3 aromatic carbocycles. The fourth-order valence-electron chi connectivity index (χ4n) is 4.07. The lowest BCUT2D eigenvalue weighted by Crippen LogP contribution is -2.29. The summed E-state index contributed by atoms with van der Waals surface area (Å²) in [4.78, 5) is 39.2. The van der Waals surface area contributed by atoms with Crippen LogP contribution in [0, 0.1) is 10.1 Å². The zero-order valence-corrected chi connectivity index (χ0v) is 18.7. The second kappa shape index (κ2) is 7.86. The molecule has 0 saturated heterocycles. The van der Waals surface area contributed by atoms with Crippen molar-refractivity contribution >= 4 is 44.2 Å². The van der Waals surface area contributed by atoms with Crippen LogP contribution in [-0.4, -0.2) is 17.9 Å². The molecule has 0 saturated carbocycles. The molecular formula is C24H15BrN2O6. The van der Waals surface area contributed by atoms with Crippen molar-refractivity contribution in [1.82, 2.24) is 0 Å². The van der Waals surface area contributed by atoms with E-state index in [1.807, 2.05) is 0 Å². The molecule has 1 aliphatic heterocycles. The maximum absolute atomic E-state index is 13.6. The number of rotatable bonds is 4. The monoisotopic (exact) mass is 506 g/mol. The number of carbonyl (C=O) groups excluding carboxylic acids is 1. The largest absolute Gasteiger partial charge is 0.497 e. The molecule has 0 fully saturated rings. The first kappa shape index (κ1) is 20.9. The SMILES string of the molecule is COc1cccc(N2C(=O)c3oc4ccc(Br)cc4c(=O)c3C2c2ccc([N+](=O)[O-])cc2)c1. The highest BCUT2D eigenvalue weighted by Crippen LogP contribution is 2.42. The fourth-order valence-corrected chi connectivity index (χ4v) is 4.43. The van der Waals surface area contributed by atoms with Crippen LogP contribution in [0.2, 0.25) is 0 Å². The van der Waals surface area contributed by atoms with Crippen molar-refractivity contribution in [2.24, 2.45) is 0 Å². The Morgan fingerprint density at radius 1 is 1.06 bits per heavy atom. The van der Waals surface area contributed by atoms with Gasteiger partial charge in [0.15, 0.2) is 5.43 Å². The standard InChI is InChI=1S/C24H15BrN2O6/c1-32-17-4-2-3-16(12-17)26-21(13-5-8-15(9-6-13)27(30)31)20-22(28)18-11-14(25)7-10-19(18)33-23(20)24(26)29/h2-12,21H,1H3. The van der Waals surface area contributed by atoms with Gasteiger partial charge in [0.2, 0.25) is 5.76 Å². The number of amides is 1. The lowest BCUT2D eigenvalue weighted by Gasteiger charge is -2.25. The number of halogens is 1. The molecule has 1 amide bonds. The van der Waals surface area contributed by atoms with Gasteiger partial charge in [0.05, 0.1) is 29.0 Å². The molecule has 0 N–H and O–H groups in total. The lowest BCUT2D eigenvalue weighted by atomic mass is 9.98. The molecule has 164 valence electrons. The summed E-state index contributed by atoms with van der Waals surface area (Å²) in [6.45, 7) is 0. The number of anilines is 1. The van der Waals surface area contributed by atoms with Gasteiger partial charge in [-0.25, -0.2) is 0 Å². The quantitative estimate of drug-likeness (QED) is 0.277.